The normalized spacial score (nSPS) is 12.8. The van der Waals surface area contributed by atoms with Crippen molar-refractivity contribution < 1.29 is 9.53 Å². The molecular formula is C10H16O2. The lowest BCUT2D eigenvalue weighted by molar-refractivity contribution is -0.141. The van der Waals surface area contributed by atoms with E-state index in [0.717, 1.165) is 6.42 Å². The van der Waals surface area contributed by atoms with Crippen molar-refractivity contribution in [1.82, 2.24) is 0 Å². The molecule has 1 unspecified atom stereocenters. The highest BCUT2D eigenvalue weighted by atomic mass is 16.5. The van der Waals surface area contributed by atoms with E-state index in [9.17, 15) is 4.79 Å². The highest BCUT2D eigenvalue weighted by Gasteiger charge is 2.06. The van der Waals surface area contributed by atoms with Crippen LogP contribution in [0.1, 0.15) is 19.8 Å². The summed E-state index contributed by atoms with van der Waals surface area (Å²) >= 11 is 0. The maximum absolute atomic E-state index is 10.8. The van der Waals surface area contributed by atoms with Gasteiger partial charge in [0.2, 0.25) is 0 Å². The van der Waals surface area contributed by atoms with Gasteiger partial charge in [0.05, 0.1) is 13.5 Å². The standard InChI is InChI=1S/C10H16O2/c1-4-6-7-9(5-2)8-10(11)12-3/h5-7,9H,2,4,8H2,1,3H3/b7-6+. The van der Waals surface area contributed by atoms with Crippen LogP contribution in [-0.2, 0) is 9.53 Å². The molecule has 0 rings (SSSR count). The molecule has 0 aliphatic rings. The molecule has 68 valence electrons. The van der Waals surface area contributed by atoms with Gasteiger partial charge >= 0.3 is 5.97 Å². The van der Waals surface area contributed by atoms with Crippen molar-refractivity contribution in [3.63, 3.8) is 0 Å². The third-order valence-corrected chi connectivity index (χ3v) is 1.55. The summed E-state index contributed by atoms with van der Waals surface area (Å²) in [5, 5.41) is 0. The lowest BCUT2D eigenvalue weighted by Gasteiger charge is -2.04. The quantitative estimate of drug-likeness (QED) is 0.465. The minimum Gasteiger partial charge on any atom is -0.469 e. The lowest BCUT2D eigenvalue weighted by Crippen LogP contribution is -2.05. The van der Waals surface area contributed by atoms with E-state index in [1.165, 1.54) is 7.11 Å². The largest absolute Gasteiger partial charge is 0.469 e. The molecule has 1 atom stereocenters. The number of carbonyl (C=O) groups is 1. The molecule has 0 bridgehead atoms. The van der Waals surface area contributed by atoms with E-state index < -0.39 is 0 Å². The van der Waals surface area contributed by atoms with Gasteiger partial charge < -0.3 is 4.74 Å². The van der Waals surface area contributed by atoms with Gasteiger partial charge in [-0.05, 0) is 6.42 Å². The van der Waals surface area contributed by atoms with Gasteiger partial charge in [-0.15, -0.1) is 6.58 Å². The lowest BCUT2D eigenvalue weighted by atomic mass is 10.1. The third-order valence-electron chi connectivity index (χ3n) is 1.55. The monoisotopic (exact) mass is 168 g/mol. The van der Waals surface area contributed by atoms with Gasteiger partial charge in [-0.1, -0.05) is 25.2 Å². The van der Waals surface area contributed by atoms with Crippen molar-refractivity contribution in [1.29, 1.82) is 0 Å². The number of esters is 1. The minimum absolute atomic E-state index is 0.109. The van der Waals surface area contributed by atoms with Crippen LogP contribution in [0.5, 0.6) is 0 Å². The zero-order valence-electron chi connectivity index (χ0n) is 7.75. The number of carbonyl (C=O) groups excluding carboxylic acids is 1. The summed E-state index contributed by atoms with van der Waals surface area (Å²) in [5.41, 5.74) is 0. The van der Waals surface area contributed by atoms with Gasteiger partial charge in [0, 0.05) is 5.92 Å². The number of allylic oxidation sites excluding steroid dienone is 3. The van der Waals surface area contributed by atoms with Crippen molar-refractivity contribution in [2.24, 2.45) is 5.92 Å². The van der Waals surface area contributed by atoms with E-state index in [2.05, 4.69) is 18.2 Å². The number of rotatable bonds is 5. The highest BCUT2D eigenvalue weighted by molar-refractivity contribution is 5.70. The van der Waals surface area contributed by atoms with Crippen molar-refractivity contribution in [3.8, 4) is 0 Å². The predicted molar refractivity (Wildman–Crippen MR) is 49.8 cm³/mol. The summed E-state index contributed by atoms with van der Waals surface area (Å²) in [7, 11) is 1.39. The number of hydrogen-bond acceptors (Lipinski definition) is 2. The molecule has 0 fully saturated rings. The van der Waals surface area contributed by atoms with Crippen LogP contribution in [0.2, 0.25) is 0 Å². The fourth-order valence-electron chi connectivity index (χ4n) is 0.817. The number of methoxy groups -OCH3 is 1. The Hall–Kier alpha value is -1.05. The smallest absolute Gasteiger partial charge is 0.306 e. The Morgan fingerprint density at radius 3 is 2.75 bits per heavy atom. The first kappa shape index (κ1) is 11.0. The SMILES string of the molecule is C=CC(/C=C/CC)CC(=O)OC. The van der Waals surface area contributed by atoms with E-state index in [1.54, 1.807) is 6.08 Å². The molecule has 0 aliphatic heterocycles. The summed E-state index contributed by atoms with van der Waals surface area (Å²) in [6.07, 6.45) is 7.12. The van der Waals surface area contributed by atoms with Crippen LogP contribution >= 0.6 is 0 Å². The molecule has 0 saturated carbocycles. The molecule has 0 radical (unpaired) electrons. The number of ether oxygens (including phenoxy) is 1. The van der Waals surface area contributed by atoms with E-state index in [0.29, 0.717) is 6.42 Å². The molecule has 0 aliphatic carbocycles. The molecule has 0 aromatic rings. The fourth-order valence-corrected chi connectivity index (χ4v) is 0.817. The topological polar surface area (TPSA) is 26.3 Å². The average Bonchev–Trinajstić information content (AvgIpc) is 2.11. The molecule has 0 aromatic carbocycles. The fraction of sp³-hybridized carbons (Fsp3) is 0.500. The first-order valence-electron chi connectivity index (χ1n) is 4.10. The van der Waals surface area contributed by atoms with Crippen LogP contribution in [0.25, 0.3) is 0 Å². The van der Waals surface area contributed by atoms with Crippen LogP contribution in [0, 0.1) is 5.92 Å². The van der Waals surface area contributed by atoms with Crippen molar-refractivity contribution in [3.05, 3.63) is 24.8 Å². The molecular weight excluding hydrogens is 152 g/mol. The molecule has 0 amide bonds. The summed E-state index contributed by atoms with van der Waals surface area (Å²) in [4.78, 5) is 10.8. The Morgan fingerprint density at radius 1 is 1.67 bits per heavy atom. The van der Waals surface area contributed by atoms with Crippen LogP contribution in [0.3, 0.4) is 0 Å². The molecule has 2 nitrogen and oxygen atoms in total. The Balaban J connectivity index is 3.90. The maximum Gasteiger partial charge on any atom is 0.306 e. The second-order valence-electron chi connectivity index (χ2n) is 2.52. The summed E-state index contributed by atoms with van der Waals surface area (Å²) in [5.74, 6) is -0.0851. The molecule has 0 heterocycles. The van der Waals surface area contributed by atoms with Crippen molar-refractivity contribution in [2.45, 2.75) is 19.8 Å². The molecule has 0 spiro atoms. The van der Waals surface area contributed by atoms with Gasteiger partial charge in [0.15, 0.2) is 0 Å². The van der Waals surface area contributed by atoms with Gasteiger partial charge in [0.1, 0.15) is 0 Å². The molecule has 2 heteroatoms. The van der Waals surface area contributed by atoms with Gasteiger partial charge in [-0.25, -0.2) is 0 Å². The van der Waals surface area contributed by atoms with E-state index in [1.807, 2.05) is 12.2 Å². The van der Waals surface area contributed by atoms with Crippen molar-refractivity contribution >= 4 is 5.97 Å². The Kier molecular flexibility index (Phi) is 6.07. The van der Waals surface area contributed by atoms with E-state index in [-0.39, 0.29) is 11.9 Å². The summed E-state index contributed by atoms with van der Waals surface area (Å²) < 4.78 is 4.54. The third kappa shape index (κ3) is 4.72. The second kappa shape index (κ2) is 6.65. The molecule has 12 heavy (non-hydrogen) atoms. The first-order chi connectivity index (χ1) is 5.74. The highest BCUT2D eigenvalue weighted by Crippen LogP contribution is 2.07. The van der Waals surface area contributed by atoms with Crippen LogP contribution in [-0.4, -0.2) is 13.1 Å². The first-order valence-corrected chi connectivity index (χ1v) is 4.10. The van der Waals surface area contributed by atoms with Gasteiger partial charge in [-0.3, -0.25) is 4.79 Å². The second-order valence-corrected chi connectivity index (χ2v) is 2.52. The molecule has 0 saturated heterocycles. The molecule has 0 aromatic heterocycles. The van der Waals surface area contributed by atoms with Crippen LogP contribution < -0.4 is 0 Å². The van der Waals surface area contributed by atoms with E-state index in [4.69, 9.17) is 0 Å². The van der Waals surface area contributed by atoms with Crippen LogP contribution in [0.15, 0.2) is 24.8 Å². The Labute approximate surface area is 73.9 Å². The maximum atomic E-state index is 10.8. The van der Waals surface area contributed by atoms with E-state index >= 15 is 0 Å². The zero-order valence-corrected chi connectivity index (χ0v) is 7.75. The summed E-state index contributed by atoms with van der Waals surface area (Å²) in [6, 6.07) is 0. The molecule has 0 N–H and O–H groups in total. The van der Waals surface area contributed by atoms with Gasteiger partial charge in [-0.2, -0.15) is 0 Å². The van der Waals surface area contributed by atoms with Gasteiger partial charge in [0.25, 0.3) is 0 Å². The Bertz CT molecular complexity index is 171. The Morgan fingerprint density at radius 2 is 2.33 bits per heavy atom. The number of hydrogen-bond donors (Lipinski definition) is 0. The predicted octanol–water partition coefficient (Wildman–Crippen LogP) is 2.32. The average molecular weight is 168 g/mol. The zero-order chi connectivity index (χ0) is 9.40. The summed E-state index contributed by atoms with van der Waals surface area (Å²) in [6.45, 7) is 5.69. The minimum atomic E-state index is -0.194. The van der Waals surface area contributed by atoms with Crippen LogP contribution in [0.4, 0.5) is 0 Å². The van der Waals surface area contributed by atoms with Crippen molar-refractivity contribution in [2.75, 3.05) is 7.11 Å².